The molecule has 6 heteroatoms. The molecule has 1 aromatic carbocycles. The van der Waals surface area contributed by atoms with E-state index in [1.54, 1.807) is 18.5 Å². The van der Waals surface area contributed by atoms with Gasteiger partial charge in [-0.3, -0.25) is 9.78 Å². The van der Waals surface area contributed by atoms with Gasteiger partial charge in [0.15, 0.2) is 5.78 Å². The van der Waals surface area contributed by atoms with E-state index in [1.165, 1.54) is 6.07 Å². The van der Waals surface area contributed by atoms with Crippen LogP contribution < -0.4 is 10.1 Å². The van der Waals surface area contributed by atoms with Gasteiger partial charge in [-0.05, 0) is 71.5 Å². The molecule has 0 fully saturated rings. The molecule has 158 valence electrons. The fourth-order valence-corrected chi connectivity index (χ4v) is 4.74. The largest absolute Gasteiger partial charge is 0.474 e. The number of benzene rings is 1. The Balaban J connectivity index is 1.44. The Kier molecular flexibility index (Phi) is 4.21. The highest BCUT2D eigenvalue weighted by Crippen LogP contribution is 2.40. The zero-order chi connectivity index (χ0) is 21.8. The number of nitrogens with one attached hydrogen (secondary N) is 1. The molecule has 2 aromatic heterocycles. The van der Waals surface area contributed by atoms with Gasteiger partial charge in [0.25, 0.3) is 0 Å². The minimum absolute atomic E-state index is 0.0109. The number of rotatable bonds is 2. The third-order valence-electron chi connectivity index (χ3n) is 6.34. The second-order valence-corrected chi connectivity index (χ2v) is 8.34. The van der Waals surface area contributed by atoms with E-state index in [0.717, 1.165) is 45.6 Å². The third kappa shape index (κ3) is 2.94. The van der Waals surface area contributed by atoms with Crippen molar-refractivity contribution >= 4 is 23.1 Å². The molecule has 6 rings (SSSR count). The zero-order valence-corrected chi connectivity index (χ0v) is 17.5. The van der Waals surface area contributed by atoms with E-state index in [-0.39, 0.29) is 18.0 Å². The molecule has 3 aliphatic rings. The maximum atomic E-state index is 15.2. The number of ketones is 1. The molecule has 32 heavy (non-hydrogen) atoms. The molecule has 0 amide bonds. The monoisotopic (exact) mass is 425 g/mol. The van der Waals surface area contributed by atoms with E-state index in [4.69, 9.17) is 4.74 Å². The Morgan fingerprint density at radius 1 is 1.12 bits per heavy atom. The second kappa shape index (κ2) is 7.12. The van der Waals surface area contributed by atoms with Crippen LogP contribution in [0.3, 0.4) is 0 Å². The molecule has 0 bridgehead atoms. The molecule has 0 unspecified atom stereocenters. The van der Waals surface area contributed by atoms with Gasteiger partial charge in [0.05, 0.1) is 5.69 Å². The molecule has 3 aromatic rings. The molecule has 0 atom stereocenters. The van der Waals surface area contributed by atoms with Gasteiger partial charge in [-0.2, -0.15) is 0 Å². The van der Waals surface area contributed by atoms with E-state index in [9.17, 15) is 4.79 Å². The van der Waals surface area contributed by atoms with Crippen molar-refractivity contribution in [2.45, 2.75) is 19.8 Å². The Labute approximate surface area is 184 Å². The van der Waals surface area contributed by atoms with Crippen molar-refractivity contribution in [2.24, 2.45) is 0 Å². The van der Waals surface area contributed by atoms with Gasteiger partial charge in [-0.25, -0.2) is 9.37 Å². The van der Waals surface area contributed by atoms with Gasteiger partial charge in [-0.15, -0.1) is 0 Å². The predicted molar refractivity (Wildman–Crippen MR) is 121 cm³/mol. The number of hydrogen-bond donors (Lipinski definition) is 1. The summed E-state index contributed by atoms with van der Waals surface area (Å²) >= 11 is 0. The Morgan fingerprint density at radius 2 is 2.03 bits per heavy atom. The quantitative estimate of drug-likeness (QED) is 0.611. The Bertz CT molecular complexity index is 1370. The first-order valence-corrected chi connectivity index (χ1v) is 10.7. The Hall–Kier alpha value is -3.80. The van der Waals surface area contributed by atoms with Crippen LogP contribution in [0.4, 0.5) is 10.1 Å². The summed E-state index contributed by atoms with van der Waals surface area (Å²) < 4.78 is 20.8. The first-order chi connectivity index (χ1) is 15.6. The molecular weight excluding hydrogens is 405 g/mol. The normalized spacial score (nSPS) is 17.4. The lowest BCUT2D eigenvalue weighted by Gasteiger charge is -2.21. The molecular formula is C26H20FN3O2. The van der Waals surface area contributed by atoms with Crippen molar-refractivity contribution < 1.29 is 13.9 Å². The average molecular weight is 425 g/mol. The van der Waals surface area contributed by atoms with Gasteiger partial charge in [0, 0.05) is 42.1 Å². The van der Waals surface area contributed by atoms with E-state index in [0.29, 0.717) is 35.7 Å². The second-order valence-electron chi connectivity index (χ2n) is 8.34. The maximum absolute atomic E-state index is 15.2. The van der Waals surface area contributed by atoms with Crippen molar-refractivity contribution in [3.63, 3.8) is 0 Å². The molecule has 0 spiro atoms. The summed E-state index contributed by atoms with van der Waals surface area (Å²) in [5, 5.41) is 3.30. The summed E-state index contributed by atoms with van der Waals surface area (Å²) in [5.41, 5.74) is 8.07. The van der Waals surface area contributed by atoms with Crippen molar-refractivity contribution in [3.8, 4) is 17.0 Å². The first-order valence-electron chi connectivity index (χ1n) is 10.7. The molecule has 5 nitrogen and oxygen atoms in total. The SMILES string of the molecule is Cc1c(-c2cc3c(cc2F)CC(=O)/C3=C\C2=Cc3ncccc3C2)cnc2c1NCCO2. The summed E-state index contributed by atoms with van der Waals surface area (Å²) in [7, 11) is 0. The molecule has 0 saturated heterocycles. The van der Waals surface area contributed by atoms with Crippen LogP contribution in [0, 0.1) is 12.7 Å². The number of ether oxygens (including phenoxy) is 1. The minimum atomic E-state index is -0.351. The number of allylic oxidation sites excluding steroid dienone is 3. The third-order valence-corrected chi connectivity index (χ3v) is 6.34. The van der Waals surface area contributed by atoms with Crippen molar-refractivity contribution in [1.82, 2.24) is 9.97 Å². The zero-order valence-electron chi connectivity index (χ0n) is 17.5. The number of fused-ring (bicyclic) bond motifs is 3. The minimum Gasteiger partial charge on any atom is -0.474 e. The number of carbonyl (C=O) groups excluding carboxylic acids is 1. The molecule has 1 aliphatic heterocycles. The predicted octanol–water partition coefficient (Wildman–Crippen LogP) is 4.54. The van der Waals surface area contributed by atoms with Gasteiger partial charge in [0.1, 0.15) is 18.1 Å². The number of anilines is 1. The number of carbonyl (C=O) groups is 1. The highest BCUT2D eigenvalue weighted by molar-refractivity contribution is 6.26. The van der Waals surface area contributed by atoms with Gasteiger partial charge in [-0.1, -0.05) is 6.07 Å². The fraction of sp³-hybridized carbons (Fsp3) is 0.192. The molecule has 2 aliphatic carbocycles. The summed E-state index contributed by atoms with van der Waals surface area (Å²) in [5.74, 6) is 0.198. The van der Waals surface area contributed by atoms with Crippen LogP contribution in [-0.2, 0) is 17.6 Å². The lowest BCUT2D eigenvalue weighted by molar-refractivity contribution is -0.112. The lowest BCUT2D eigenvalue weighted by Crippen LogP contribution is -2.20. The van der Waals surface area contributed by atoms with Crippen molar-refractivity contribution in [1.29, 1.82) is 0 Å². The van der Waals surface area contributed by atoms with Crippen LogP contribution in [0.5, 0.6) is 5.88 Å². The van der Waals surface area contributed by atoms with Crippen LogP contribution in [-0.4, -0.2) is 28.9 Å². The van der Waals surface area contributed by atoms with Gasteiger partial charge < -0.3 is 10.1 Å². The van der Waals surface area contributed by atoms with E-state index >= 15 is 4.39 Å². The van der Waals surface area contributed by atoms with E-state index < -0.39 is 0 Å². The van der Waals surface area contributed by atoms with E-state index in [1.807, 2.05) is 31.2 Å². The number of Topliss-reactive ketones (excluding diaryl/α,β-unsaturated/α-hetero) is 1. The lowest BCUT2D eigenvalue weighted by atomic mass is 9.95. The average Bonchev–Trinajstić information content (AvgIpc) is 3.34. The van der Waals surface area contributed by atoms with Crippen LogP contribution in [0.1, 0.15) is 27.9 Å². The summed E-state index contributed by atoms with van der Waals surface area (Å²) in [4.78, 5) is 21.6. The maximum Gasteiger partial charge on any atom is 0.237 e. The van der Waals surface area contributed by atoms with Crippen LogP contribution in [0.25, 0.3) is 22.8 Å². The highest BCUT2D eigenvalue weighted by Gasteiger charge is 2.28. The van der Waals surface area contributed by atoms with Gasteiger partial charge >= 0.3 is 0 Å². The number of pyridine rings is 2. The van der Waals surface area contributed by atoms with Crippen LogP contribution >= 0.6 is 0 Å². The fourth-order valence-electron chi connectivity index (χ4n) is 4.74. The Morgan fingerprint density at radius 3 is 2.91 bits per heavy atom. The molecule has 0 saturated carbocycles. The number of halogens is 1. The summed E-state index contributed by atoms with van der Waals surface area (Å²) in [6.07, 6.45) is 8.32. The smallest absolute Gasteiger partial charge is 0.237 e. The molecule has 0 radical (unpaired) electrons. The van der Waals surface area contributed by atoms with Crippen LogP contribution in [0.15, 0.2) is 48.3 Å². The number of hydrogen-bond acceptors (Lipinski definition) is 5. The van der Waals surface area contributed by atoms with Gasteiger partial charge in [0.2, 0.25) is 5.88 Å². The highest BCUT2D eigenvalue weighted by atomic mass is 19.1. The number of nitrogens with zero attached hydrogens (tertiary/aromatic N) is 2. The number of aromatic nitrogens is 2. The topological polar surface area (TPSA) is 64.1 Å². The van der Waals surface area contributed by atoms with E-state index in [2.05, 4.69) is 15.3 Å². The van der Waals surface area contributed by atoms with Crippen LogP contribution in [0.2, 0.25) is 0 Å². The first kappa shape index (κ1) is 18.9. The van der Waals surface area contributed by atoms with Crippen molar-refractivity contribution in [2.75, 3.05) is 18.5 Å². The van der Waals surface area contributed by atoms with Crippen molar-refractivity contribution in [3.05, 3.63) is 82.1 Å². The summed E-state index contributed by atoms with van der Waals surface area (Å²) in [6.45, 7) is 3.16. The standard InChI is InChI=1S/C26H20FN3O2/c1-14-21(13-30-26-25(14)29-5-6-32-26)19-12-18-17(10-22(19)27)11-24(31)20(18)8-15-7-16-3-2-4-28-23(16)9-15/h2-4,8-10,12-13,29H,5-7,11H2,1H3/b20-8-. The molecule has 3 heterocycles. The summed E-state index contributed by atoms with van der Waals surface area (Å²) in [6, 6.07) is 7.25. The molecule has 1 N–H and O–H groups in total.